The molecule has 0 radical (unpaired) electrons. The predicted octanol–water partition coefficient (Wildman–Crippen LogP) is 2.95. The van der Waals surface area contributed by atoms with Crippen LogP contribution in [0.4, 0.5) is 17.2 Å². The molecule has 3 heterocycles. The van der Waals surface area contributed by atoms with E-state index in [9.17, 15) is 9.59 Å². The molecule has 1 fully saturated rings. The molecule has 0 aliphatic carbocycles. The number of hydrogen-bond donors (Lipinski definition) is 1. The molecule has 1 N–H and O–H groups in total. The minimum Gasteiger partial charge on any atom is -0.370 e. The van der Waals surface area contributed by atoms with Gasteiger partial charge in [0.2, 0.25) is 0 Å². The molecule has 0 spiro atoms. The number of aromatic nitrogens is 2. The first-order valence-corrected chi connectivity index (χ1v) is 9.89. The zero-order valence-electron chi connectivity index (χ0n) is 17.4. The Hall–Kier alpha value is -3.78. The third-order valence-electron chi connectivity index (χ3n) is 4.93. The van der Waals surface area contributed by atoms with Gasteiger partial charge in [0.25, 0.3) is 11.8 Å². The van der Waals surface area contributed by atoms with Gasteiger partial charge >= 0.3 is 0 Å². The summed E-state index contributed by atoms with van der Waals surface area (Å²) in [7, 11) is 3.46. The predicted molar refractivity (Wildman–Crippen MR) is 118 cm³/mol. The fourth-order valence-corrected chi connectivity index (χ4v) is 3.28. The van der Waals surface area contributed by atoms with E-state index in [0.717, 1.165) is 22.5 Å². The third-order valence-corrected chi connectivity index (χ3v) is 4.93. The van der Waals surface area contributed by atoms with Crippen molar-refractivity contribution < 1.29 is 14.3 Å². The second-order valence-corrected chi connectivity index (χ2v) is 7.36. The molecule has 4 rings (SSSR count). The normalized spacial score (nSPS) is 13.7. The highest BCUT2D eigenvalue weighted by molar-refractivity contribution is 5.95. The SMILES string of the molecule is CN(C)C(=O)c1ccc(-c2ccc(Nc3cncc(N4CCOCC4=O)c3)nc2)cc1. The smallest absolute Gasteiger partial charge is 0.253 e. The average molecular weight is 417 g/mol. The lowest BCUT2D eigenvalue weighted by molar-refractivity contribution is -0.125. The van der Waals surface area contributed by atoms with Crippen LogP contribution >= 0.6 is 0 Å². The van der Waals surface area contributed by atoms with Crippen LogP contribution < -0.4 is 10.2 Å². The van der Waals surface area contributed by atoms with Crippen molar-refractivity contribution in [3.05, 3.63) is 66.6 Å². The standard InChI is InChI=1S/C23H23N5O3/c1-27(2)23(30)17-5-3-16(4-6-17)18-7-8-21(25-12-18)26-19-11-20(14-24-13-19)28-9-10-31-15-22(28)29/h3-8,11-14H,9-10,15H2,1-2H3,(H,25,26). The van der Waals surface area contributed by atoms with Crippen molar-refractivity contribution in [3.63, 3.8) is 0 Å². The van der Waals surface area contributed by atoms with Crippen LogP contribution in [0.15, 0.2) is 61.1 Å². The first-order chi connectivity index (χ1) is 15.0. The van der Waals surface area contributed by atoms with Gasteiger partial charge in [0.05, 0.1) is 30.4 Å². The summed E-state index contributed by atoms with van der Waals surface area (Å²) < 4.78 is 5.18. The Morgan fingerprint density at radius 3 is 2.52 bits per heavy atom. The largest absolute Gasteiger partial charge is 0.370 e. The van der Waals surface area contributed by atoms with Gasteiger partial charge in [0.15, 0.2) is 0 Å². The van der Waals surface area contributed by atoms with Crippen LogP contribution in [0.5, 0.6) is 0 Å². The molecule has 2 aromatic heterocycles. The second-order valence-electron chi connectivity index (χ2n) is 7.36. The summed E-state index contributed by atoms with van der Waals surface area (Å²) in [6.07, 6.45) is 5.12. The minimum absolute atomic E-state index is 0.0289. The van der Waals surface area contributed by atoms with Gasteiger partial charge in [0, 0.05) is 38.0 Å². The van der Waals surface area contributed by atoms with E-state index in [2.05, 4.69) is 15.3 Å². The Morgan fingerprint density at radius 1 is 1.06 bits per heavy atom. The van der Waals surface area contributed by atoms with Crippen molar-refractivity contribution in [2.24, 2.45) is 0 Å². The van der Waals surface area contributed by atoms with Crippen LogP contribution in [-0.4, -0.2) is 60.5 Å². The maximum Gasteiger partial charge on any atom is 0.253 e. The fourth-order valence-electron chi connectivity index (χ4n) is 3.28. The van der Waals surface area contributed by atoms with Crippen molar-refractivity contribution in [1.29, 1.82) is 0 Å². The summed E-state index contributed by atoms with van der Waals surface area (Å²) in [6.45, 7) is 1.11. The molecule has 31 heavy (non-hydrogen) atoms. The number of hydrogen-bond acceptors (Lipinski definition) is 6. The van der Waals surface area contributed by atoms with E-state index >= 15 is 0 Å². The Balaban J connectivity index is 1.46. The monoisotopic (exact) mass is 417 g/mol. The Labute approximate surface area is 180 Å². The van der Waals surface area contributed by atoms with Gasteiger partial charge in [-0.1, -0.05) is 12.1 Å². The van der Waals surface area contributed by atoms with E-state index in [1.165, 1.54) is 0 Å². The molecule has 1 aromatic carbocycles. The molecule has 8 heteroatoms. The average Bonchev–Trinajstić information content (AvgIpc) is 2.80. The number of ether oxygens (including phenoxy) is 1. The number of carbonyl (C=O) groups excluding carboxylic acids is 2. The van der Waals surface area contributed by atoms with Crippen molar-refractivity contribution in [2.45, 2.75) is 0 Å². The number of morpholine rings is 1. The molecule has 0 atom stereocenters. The van der Waals surface area contributed by atoms with Gasteiger partial charge in [-0.3, -0.25) is 14.6 Å². The Morgan fingerprint density at radius 2 is 1.84 bits per heavy atom. The number of anilines is 3. The molecule has 0 saturated carbocycles. The Bertz CT molecular complexity index is 1080. The minimum atomic E-state index is -0.0778. The third kappa shape index (κ3) is 4.70. The van der Waals surface area contributed by atoms with Crippen molar-refractivity contribution in [1.82, 2.24) is 14.9 Å². The number of benzene rings is 1. The Kier molecular flexibility index (Phi) is 5.90. The summed E-state index contributed by atoms with van der Waals surface area (Å²) in [4.78, 5) is 36.0. The molecular formula is C23H23N5O3. The molecule has 0 bridgehead atoms. The maximum atomic E-state index is 12.0. The lowest BCUT2D eigenvalue weighted by atomic mass is 10.1. The van der Waals surface area contributed by atoms with Crippen LogP contribution in [0, 0.1) is 0 Å². The van der Waals surface area contributed by atoms with Crippen molar-refractivity contribution in [2.75, 3.05) is 44.1 Å². The number of nitrogens with one attached hydrogen (secondary N) is 1. The number of amides is 2. The number of rotatable bonds is 5. The molecule has 1 aliphatic heterocycles. The lowest BCUT2D eigenvalue weighted by Crippen LogP contribution is -2.41. The van der Waals surface area contributed by atoms with Crippen molar-refractivity contribution >= 4 is 29.0 Å². The topological polar surface area (TPSA) is 87.7 Å². The zero-order chi connectivity index (χ0) is 21.8. The van der Waals surface area contributed by atoms with E-state index in [1.807, 2.05) is 42.5 Å². The summed E-state index contributed by atoms with van der Waals surface area (Å²) in [5.41, 5.74) is 4.03. The molecule has 8 nitrogen and oxygen atoms in total. The fraction of sp³-hybridized carbons (Fsp3) is 0.217. The van der Waals surface area contributed by atoms with E-state index in [0.29, 0.717) is 24.5 Å². The van der Waals surface area contributed by atoms with Crippen LogP contribution in [0.25, 0.3) is 11.1 Å². The van der Waals surface area contributed by atoms with Crippen LogP contribution in [0.1, 0.15) is 10.4 Å². The summed E-state index contributed by atoms with van der Waals surface area (Å²) in [5, 5.41) is 3.22. The van der Waals surface area contributed by atoms with Gasteiger partial charge < -0.3 is 19.9 Å². The van der Waals surface area contributed by atoms with Crippen molar-refractivity contribution in [3.8, 4) is 11.1 Å². The number of nitrogens with zero attached hydrogens (tertiary/aromatic N) is 4. The van der Waals surface area contributed by atoms with Crippen LogP contribution in [0.2, 0.25) is 0 Å². The maximum absolute atomic E-state index is 12.0. The molecular weight excluding hydrogens is 394 g/mol. The highest BCUT2D eigenvalue weighted by Crippen LogP contribution is 2.24. The van der Waals surface area contributed by atoms with Gasteiger partial charge in [-0.25, -0.2) is 4.98 Å². The van der Waals surface area contributed by atoms with E-state index < -0.39 is 0 Å². The van der Waals surface area contributed by atoms with E-state index in [4.69, 9.17) is 4.74 Å². The first-order valence-electron chi connectivity index (χ1n) is 9.89. The van der Waals surface area contributed by atoms with Gasteiger partial charge in [-0.05, 0) is 35.9 Å². The zero-order valence-corrected chi connectivity index (χ0v) is 17.4. The highest BCUT2D eigenvalue weighted by atomic mass is 16.5. The number of carbonyl (C=O) groups is 2. The highest BCUT2D eigenvalue weighted by Gasteiger charge is 2.20. The summed E-state index contributed by atoms with van der Waals surface area (Å²) >= 11 is 0. The van der Waals surface area contributed by atoms with E-state index in [1.54, 1.807) is 42.5 Å². The molecule has 3 aromatic rings. The number of pyridine rings is 2. The van der Waals surface area contributed by atoms with Crippen LogP contribution in [0.3, 0.4) is 0 Å². The molecule has 1 saturated heterocycles. The summed E-state index contributed by atoms with van der Waals surface area (Å²) in [6, 6.07) is 13.1. The van der Waals surface area contributed by atoms with E-state index in [-0.39, 0.29) is 18.4 Å². The molecule has 0 unspecified atom stereocenters. The van der Waals surface area contributed by atoms with Gasteiger partial charge in [0.1, 0.15) is 12.4 Å². The molecule has 1 aliphatic rings. The molecule has 2 amide bonds. The lowest BCUT2D eigenvalue weighted by Gasteiger charge is -2.26. The summed E-state index contributed by atoms with van der Waals surface area (Å²) in [5.74, 6) is 0.556. The van der Waals surface area contributed by atoms with Gasteiger partial charge in [-0.2, -0.15) is 0 Å². The first kappa shape index (κ1) is 20.5. The quantitative estimate of drug-likeness (QED) is 0.687. The van der Waals surface area contributed by atoms with Gasteiger partial charge in [-0.15, -0.1) is 0 Å². The molecule has 158 valence electrons. The second kappa shape index (κ2) is 8.93. The van der Waals surface area contributed by atoms with Crippen LogP contribution in [-0.2, 0) is 9.53 Å².